The van der Waals surface area contributed by atoms with Crippen molar-refractivity contribution in [2.24, 2.45) is 5.92 Å². The van der Waals surface area contributed by atoms with Crippen molar-refractivity contribution < 1.29 is 4.79 Å². The van der Waals surface area contributed by atoms with E-state index in [1.807, 2.05) is 6.07 Å². The Morgan fingerprint density at radius 1 is 1.44 bits per heavy atom. The van der Waals surface area contributed by atoms with Crippen LogP contribution in [0.25, 0.3) is 11.4 Å². The van der Waals surface area contributed by atoms with E-state index in [0.29, 0.717) is 28.2 Å². The number of rotatable bonds is 6. The van der Waals surface area contributed by atoms with E-state index in [1.54, 1.807) is 37.4 Å². The lowest BCUT2D eigenvalue weighted by molar-refractivity contribution is -0.117. The second kappa shape index (κ2) is 7.70. The Hall–Kier alpha value is -3.66. The zero-order valence-electron chi connectivity index (χ0n) is 14.9. The number of allylic oxidation sites excluding steroid dienone is 5. The third-order valence-corrected chi connectivity index (χ3v) is 4.25. The van der Waals surface area contributed by atoms with Crippen LogP contribution in [0.3, 0.4) is 0 Å². The smallest absolute Gasteiger partial charge is 0.280 e. The number of hydrogen-bond donors (Lipinski definition) is 2. The van der Waals surface area contributed by atoms with Crippen molar-refractivity contribution in [2.45, 2.75) is 19.8 Å². The van der Waals surface area contributed by atoms with Gasteiger partial charge < -0.3 is 5.32 Å². The molecule has 0 saturated heterocycles. The maximum absolute atomic E-state index is 12.6. The van der Waals surface area contributed by atoms with E-state index in [1.165, 1.54) is 17.0 Å². The Morgan fingerprint density at radius 3 is 2.81 bits per heavy atom. The van der Waals surface area contributed by atoms with Crippen LogP contribution in [-0.4, -0.2) is 20.7 Å². The monoisotopic (exact) mass is 361 g/mol. The minimum Gasteiger partial charge on any atom is -0.324 e. The molecule has 3 rings (SSSR count). The quantitative estimate of drug-likeness (QED) is 0.610. The number of nitrogens with zero attached hydrogens (tertiary/aromatic N) is 3. The maximum atomic E-state index is 12.6. The van der Waals surface area contributed by atoms with Crippen LogP contribution in [0.1, 0.15) is 25.3 Å². The third-order valence-electron chi connectivity index (χ3n) is 4.25. The van der Waals surface area contributed by atoms with Gasteiger partial charge in [0.05, 0.1) is 29.1 Å². The number of anilines is 1. The highest BCUT2D eigenvalue weighted by Gasteiger charge is 2.29. The first-order valence-electron chi connectivity index (χ1n) is 8.52. The van der Waals surface area contributed by atoms with E-state index >= 15 is 0 Å². The molecule has 7 nitrogen and oxygen atoms in total. The Kier molecular flexibility index (Phi) is 5.18. The molecular formula is C20H19N5O2. The number of pyridine rings is 1. The summed E-state index contributed by atoms with van der Waals surface area (Å²) >= 11 is 0. The van der Waals surface area contributed by atoms with Crippen molar-refractivity contribution in [1.82, 2.24) is 14.8 Å². The lowest BCUT2D eigenvalue weighted by atomic mass is 10.1. The Bertz CT molecular complexity index is 1030. The second-order valence-electron chi connectivity index (χ2n) is 6.28. The lowest BCUT2D eigenvalue weighted by Gasteiger charge is -2.05. The van der Waals surface area contributed by atoms with E-state index in [9.17, 15) is 9.59 Å². The summed E-state index contributed by atoms with van der Waals surface area (Å²) < 4.78 is 1.32. The van der Waals surface area contributed by atoms with Crippen molar-refractivity contribution in [3.05, 3.63) is 70.8 Å². The molecule has 2 aromatic heterocycles. The largest absolute Gasteiger partial charge is 0.324 e. The Balaban J connectivity index is 1.80. The van der Waals surface area contributed by atoms with Crippen molar-refractivity contribution >= 4 is 17.2 Å². The van der Waals surface area contributed by atoms with Crippen LogP contribution in [0.4, 0.5) is 5.69 Å². The number of nitriles is 1. The minimum absolute atomic E-state index is 0.00829. The van der Waals surface area contributed by atoms with Gasteiger partial charge in [0.2, 0.25) is 5.91 Å². The Morgan fingerprint density at radius 2 is 2.22 bits per heavy atom. The topological polar surface area (TPSA) is 104 Å². The molecule has 0 atom stereocenters. The first-order valence-corrected chi connectivity index (χ1v) is 8.52. The predicted molar refractivity (Wildman–Crippen MR) is 103 cm³/mol. The molecule has 1 aliphatic carbocycles. The maximum Gasteiger partial charge on any atom is 0.280 e. The molecule has 136 valence electrons. The molecule has 0 unspecified atom stereocenters. The van der Waals surface area contributed by atoms with Crippen molar-refractivity contribution in [2.75, 3.05) is 5.32 Å². The fourth-order valence-electron chi connectivity index (χ4n) is 2.46. The molecule has 2 N–H and O–H groups in total. The summed E-state index contributed by atoms with van der Waals surface area (Å²) in [5.41, 5.74) is 1.94. The van der Waals surface area contributed by atoms with Gasteiger partial charge in [-0.2, -0.15) is 5.26 Å². The number of carbonyl (C=O) groups is 1. The van der Waals surface area contributed by atoms with E-state index in [4.69, 9.17) is 5.26 Å². The van der Waals surface area contributed by atoms with Gasteiger partial charge in [-0.3, -0.25) is 14.7 Å². The number of aromatic amines is 1. The van der Waals surface area contributed by atoms with Gasteiger partial charge in [-0.1, -0.05) is 18.7 Å². The van der Waals surface area contributed by atoms with Gasteiger partial charge in [-0.05, 0) is 43.5 Å². The van der Waals surface area contributed by atoms with Crippen LogP contribution in [0.15, 0.2) is 59.7 Å². The highest BCUT2D eigenvalue weighted by atomic mass is 16.2. The molecule has 1 aliphatic rings. The zero-order valence-corrected chi connectivity index (χ0v) is 14.9. The summed E-state index contributed by atoms with van der Waals surface area (Å²) in [6, 6.07) is 5.38. The first kappa shape index (κ1) is 18.1. The van der Waals surface area contributed by atoms with E-state index in [2.05, 4.69) is 22.0 Å². The molecule has 0 radical (unpaired) electrons. The minimum atomic E-state index is -0.253. The van der Waals surface area contributed by atoms with Gasteiger partial charge in [0.15, 0.2) is 5.82 Å². The molecule has 0 aromatic carbocycles. The molecule has 0 bridgehead atoms. The SMILES string of the molecule is C=C/C(C#N)=C\C=C(/C)c1c[nH]n(-c2ccc(NC(=O)C3CC3)cn2)c1=O. The van der Waals surface area contributed by atoms with Crippen LogP contribution in [0, 0.1) is 17.2 Å². The average Bonchev–Trinajstić information content (AvgIpc) is 3.46. The summed E-state index contributed by atoms with van der Waals surface area (Å²) in [5.74, 6) is 0.543. The van der Waals surface area contributed by atoms with Crippen molar-refractivity contribution in [3.8, 4) is 11.9 Å². The molecule has 0 spiro atoms. The third kappa shape index (κ3) is 4.12. The number of nitrogens with one attached hydrogen (secondary N) is 2. The van der Waals surface area contributed by atoms with E-state index in [-0.39, 0.29) is 17.4 Å². The number of aromatic nitrogens is 3. The summed E-state index contributed by atoms with van der Waals surface area (Å²) in [6.07, 6.45) is 9.73. The summed E-state index contributed by atoms with van der Waals surface area (Å²) in [5, 5.41) is 14.6. The standard InChI is InChI=1S/C20H19N5O2/c1-3-14(10-21)5-4-13(2)17-12-23-25(20(17)27)18-9-8-16(11-22-18)24-19(26)15-6-7-15/h3-5,8-9,11-12,15,23H,1,6-7H2,2H3,(H,24,26)/b13-4+,14-5+. The molecule has 0 aliphatic heterocycles. The van der Waals surface area contributed by atoms with Crippen LogP contribution >= 0.6 is 0 Å². The van der Waals surface area contributed by atoms with Gasteiger partial charge in [0, 0.05) is 12.1 Å². The molecule has 1 fully saturated rings. The molecule has 7 heteroatoms. The van der Waals surface area contributed by atoms with Gasteiger partial charge in [-0.15, -0.1) is 0 Å². The van der Waals surface area contributed by atoms with Crippen molar-refractivity contribution in [3.63, 3.8) is 0 Å². The predicted octanol–water partition coefficient (Wildman–Crippen LogP) is 2.95. The van der Waals surface area contributed by atoms with E-state index in [0.717, 1.165) is 12.8 Å². The highest BCUT2D eigenvalue weighted by molar-refractivity contribution is 5.93. The molecule has 1 saturated carbocycles. The molecule has 2 heterocycles. The van der Waals surface area contributed by atoms with Crippen LogP contribution in [0.5, 0.6) is 0 Å². The van der Waals surface area contributed by atoms with Gasteiger partial charge in [0.1, 0.15) is 0 Å². The van der Waals surface area contributed by atoms with Crippen LogP contribution in [-0.2, 0) is 4.79 Å². The molecular weight excluding hydrogens is 342 g/mol. The van der Waals surface area contributed by atoms with Gasteiger partial charge >= 0.3 is 0 Å². The number of carbonyl (C=O) groups excluding carboxylic acids is 1. The average molecular weight is 361 g/mol. The molecule has 1 amide bonds. The second-order valence-corrected chi connectivity index (χ2v) is 6.28. The molecule has 27 heavy (non-hydrogen) atoms. The lowest BCUT2D eigenvalue weighted by Crippen LogP contribution is -2.18. The molecule has 2 aromatic rings. The first-order chi connectivity index (χ1) is 13.0. The fourth-order valence-corrected chi connectivity index (χ4v) is 2.46. The highest BCUT2D eigenvalue weighted by Crippen LogP contribution is 2.30. The van der Waals surface area contributed by atoms with Gasteiger partial charge in [0.25, 0.3) is 5.56 Å². The zero-order chi connectivity index (χ0) is 19.4. The van der Waals surface area contributed by atoms with Crippen LogP contribution < -0.4 is 10.9 Å². The summed E-state index contributed by atoms with van der Waals surface area (Å²) in [6.45, 7) is 5.34. The van der Waals surface area contributed by atoms with Gasteiger partial charge in [-0.25, -0.2) is 9.67 Å². The number of hydrogen-bond acceptors (Lipinski definition) is 4. The summed E-state index contributed by atoms with van der Waals surface area (Å²) in [7, 11) is 0. The number of H-pyrrole nitrogens is 1. The normalized spacial score (nSPS) is 14.5. The fraction of sp³-hybridized carbons (Fsp3) is 0.200. The van der Waals surface area contributed by atoms with Crippen LogP contribution in [0.2, 0.25) is 0 Å². The van der Waals surface area contributed by atoms with E-state index < -0.39 is 0 Å². The summed E-state index contributed by atoms with van der Waals surface area (Å²) in [4.78, 5) is 28.7. The number of amides is 1. The Labute approximate surface area is 156 Å². The van der Waals surface area contributed by atoms with Crippen molar-refractivity contribution in [1.29, 1.82) is 5.26 Å².